The molecule has 0 spiro atoms. The molecule has 0 saturated carbocycles. The van der Waals surface area contributed by atoms with Crippen molar-refractivity contribution in [1.29, 1.82) is 0 Å². The standard InChI is InChI=1S/C15H18N2/c1-11-2-5-14(10-17)15(8-11)13-6-3-12(9-16)4-7-13/h2-8H,9-10,16-17H2,1H3. The zero-order valence-electron chi connectivity index (χ0n) is 10.1. The van der Waals surface area contributed by atoms with Crippen LogP contribution in [0.15, 0.2) is 42.5 Å². The van der Waals surface area contributed by atoms with E-state index >= 15 is 0 Å². The highest BCUT2D eigenvalue weighted by atomic mass is 14.5. The third-order valence-corrected chi connectivity index (χ3v) is 2.99. The molecule has 0 atom stereocenters. The normalized spacial score (nSPS) is 10.5. The van der Waals surface area contributed by atoms with Crippen LogP contribution in [0.3, 0.4) is 0 Å². The summed E-state index contributed by atoms with van der Waals surface area (Å²) in [5.74, 6) is 0. The van der Waals surface area contributed by atoms with E-state index in [-0.39, 0.29) is 0 Å². The van der Waals surface area contributed by atoms with E-state index in [1.807, 2.05) is 0 Å². The van der Waals surface area contributed by atoms with Crippen LogP contribution in [0.1, 0.15) is 16.7 Å². The Morgan fingerprint density at radius 2 is 1.59 bits per heavy atom. The molecule has 2 aromatic rings. The Morgan fingerprint density at radius 3 is 2.18 bits per heavy atom. The molecule has 2 aromatic carbocycles. The van der Waals surface area contributed by atoms with Gasteiger partial charge in [-0.25, -0.2) is 0 Å². The molecule has 0 aromatic heterocycles. The average molecular weight is 226 g/mol. The van der Waals surface area contributed by atoms with Gasteiger partial charge in [0.15, 0.2) is 0 Å². The van der Waals surface area contributed by atoms with Crippen molar-refractivity contribution in [3.05, 3.63) is 59.2 Å². The Bertz CT molecular complexity index is 501. The third kappa shape index (κ3) is 2.54. The van der Waals surface area contributed by atoms with E-state index < -0.39 is 0 Å². The molecular formula is C15H18N2. The summed E-state index contributed by atoms with van der Waals surface area (Å²) in [6.07, 6.45) is 0. The van der Waals surface area contributed by atoms with Crippen LogP contribution in [-0.2, 0) is 13.1 Å². The number of aryl methyl sites for hydroxylation is 1. The molecule has 2 rings (SSSR count). The highest BCUT2D eigenvalue weighted by Crippen LogP contribution is 2.25. The van der Waals surface area contributed by atoms with Gasteiger partial charge in [0.25, 0.3) is 0 Å². The number of nitrogens with two attached hydrogens (primary N) is 2. The van der Waals surface area contributed by atoms with Gasteiger partial charge >= 0.3 is 0 Å². The van der Waals surface area contributed by atoms with Crippen molar-refractivity contribution in [3.8, 4) is 11.1 Å². The minimum absolute atomic E-state index is 0.564. The van der Waals surface area contributed by atoms with E-state index in [9.17, 15) is 0 Å². The van der Waals surface area contributed by atoms with Gasteiger partial charge in [0.05, 0.1) is 0 Å². The minimum Gasteiger partial charge on any atom is -0.326 e. The number of hydrogen-bond acceptors (Lipinski definition) is 2. The van der Waals surface area contributed by atoms with Gasteiger partial charge in [-0.2, -0.15) is 0 Å². The largest absolute Gasteiger partial charge is 0.326 e. The van der Waals surface area contributed by atoms with Gasteiger partial charge in [-0.1, -0.05) is 48.0 Å². The third-order valence-electron chi connectivity index (χ3n) is 2.99. The first-order valence-corrected chi connectivity index (χ1v) is 5.83. The molecule has 2 heteroatoms. The molecular weight excluding hydrogens is 208 g/mol. The van der Waals surface area contributed by atoms with Crippen LogP contribution in [0.4, 0.5) is 0 Å². The van der Waals surface area contributed by atoms with Crippen LogP contribution in [0, 0.1) is 6.92 Å². The highest BCUT2D eigenvalue weighted by Gasteiger charge is 2.04. The van der Waals surface area contributed by atoms with Crippen LogP contribution >= 0.6 is 0 Å². The Balaban J connectivity index is 2.47. The second kappa shape index (κ2) is 5.13. The SMILES string of the molecule is Cc1ccc(CN)c(-c2ccc(CN)cc2)c1. The summed E-state index contributed by atoms with van der Waals surface area (Å²) in [6, 6.07) is 14.7. The van der Waals surface area contributed by atoms with Gasteiger partial charge in [-0.15, -0.1) is 0 Å². The lowest BCUT2D eigenvalue weighted by Crippen LogP contribution is -2.00. The Hall–Kier alpha value is -1.64. The van der Waals surface area contributed by atoms with Crippen molar-refractivity contribution in [2.45, 2.75) is 20.0 Å². The van der Waals surface area contributed by atoms with Crippen molar-refractivity contribution in [1.82, 2.24) is 0 Å². The predicted molar refractivity (Wildman–Crippen MR) is 72.4 cm³/mol. The molecule has 2 nitrogen and oxygen atoms in total. The molecule has 0 saturated heterocycles. The van der Waals surface area contributed by atoms with Crippen molar-refractivity contribution in [3.63, 3.8) is 0 Å². The van der Waals surface area contributed by atoms with Crippen LogP contribution in [-0.4, -0.2) is 0 Å². The average Bonchev–Trinajstić information content (AvgIpc) is 2.39. The Morgan fingerprint density at radius 1 is 0.882 bits per heavy atom. The first kappa shape index (κ1) is 11.8. The van der Waals surface area contributed by atoms with E-state index in [4.69, 9.17) is 11.5 Å². The molecule has 88 valence electrons. The van der Waals surface area contributed by atoms with E-state index in [0.29, 0.717) is 13.1 Å². The van der Waals surface area contributed by atoms with Gasteiger partial charge in [0, 0.05) is 13.1 Å². The molecule has 0 unspecified atom stereocenters. The first-order valence-electron chi connectivity index (χ1n) is 5.83. The Kier molecular flexibility index (Phi) is 3.57. The highest BCUT2D eigenvalue weighted by molar-refractivity contribution is 5.68. The number of rotatable bonds is 3. The molecule has 17 heavy (non-hydrogen) atoms. The molecule has 0 aliphatic rings. The fraction of sp³-hybridized carbons (Fsp3) is 0.200. The smallest absolute Gasteiger partial charge is 0.0184 e. The van der Waals surface area contributed by atoms with Crippen molar-refractivity contribution >= 4 is 0 Å². The summed E-state index contributed by atoms with van der Waals surface area (Å²) in [4.78, 5) is 0. The lowest BCUT2D eigenvalue weighted by Gasteiger charge is -2.10. The molecule has 4 N–H and O–H groups in total. The quantitative estimate of drug-likeness (QED) is 0.845. The van der Waals surface area contributed by atoms with Crippen LogP contribution in [0.5, 0.6) is 0 Å². The maximum Gasteiger partial charge on any atom is 0.0184 e. The molecule has 0 aliphatic carbocycles. The number of benzene rings is 2. The van der Waals surface area contributed by atoms with E-state index in [1.54, 1.807) is 0 Å². The van der Waals surface area contributed by atoms with Crippen molar-refractivity contribution in [2.75, 3.05) is 0 Å². The monoisotopic (exact) mass is 226 g/mol. The maximum absolute atomic E-state index is 5.77. The lowest BCUT2D eigenvalue weighted by molar-refractivity contribution is 1.06. The molecule has 0 fully saturated rings. The number of hydrogen-bond donors (Lipinski definition) is 2. The van der Waals surface area contributed by atoms with E-state index in [0.717, 1.165) is 5.56 Å². The Labute approximate surface area is 102 Å². The summed E-state index contributed by atoms with van der Waals surface area (Å²) in [7, 11) is 0. The van der Waals surface area contributed by atoms with Crippen LogP contribution < -0.4 is 11.5 Å². The topological polar surface area (TPSA) is 52.0 Å². The van der Waals surface area contributed by atoms with Crippen LogP contribution in [0.2, 0.25) is 0 Å². The van der Waals surface area contributed by atoms with Crippen molar-refractivity contribution in [2.24, 2.45) is 11.5 Å². The lowest BCUT2D eigenvalue weighted by atomic mass is 9.97. The summed E-state index contributed by atoms with van der Waals surface area (Å²) < 4.78 is 0. The van der Waals surface area contributed by atoms with Gasteiger partial charge in [-0.05, 0) is 29.2 Å². The fourth-order valence-corrected chi connectivity index (χ4v) is 1.96. The van der Waals surface area contributed by atoms with E-state index in [2.05, 4.69) is 49.4 Å². The summed E-state index contributed by atoms with van der Waals surface area (Å²) in [5.41, 5.74) is 17.4. The molecule has 0 amide bonds. The summed E-state index contributed by atoms with van der Waals surface area (Å²) in [6.45, 7) is 3.24. The first-order chi connectivity index (χ1) is 8.24. The molecule has 0 aliphatic heterocycles. The van der Waals surface area contributed by atoms with Gasteiger partial charge in [0.1, 0.15) is 0 Å². The molecule has 0 heterocycles. The second-order valence-corrected chi connectivity index (χ2v) is 4.27. The zero-order valence-corrected chi connectivity index (χ0v) is 10.1. The second-order valence-electron chi connectivity index (χ2n) is 4.27. The van der Waals surface area contributed by atoms with Gasteiger partial charge < -0.3 is 11.5 Å². The van der Waals surface area contributed by atoms with Crippen molar-refractivity contribution < 1.29 is 0 Å². The summed E-state index contributed by atoms with van der Waals surface area (Å²) >= 11 is 0. The minimum atomic E-state index is 0.564. The van der Waals surface area contributed by atoms with Crippen LogP contribution in [0.25, 0.3) is 11.1 Å². The zero-order chi connectivity index (χ0) is 12.3. The predicted octanol–water partition coefficient (Wildman–Crippen LogP) is 2.58. The van der Waals surface area contributed by atoms with Gasteiger partial charge in [-0.3, -0.25) is 0 Å². The maximum atomic E-state index is 5.77. The molecule has 0 bridgehead atoms. The summed E-state index contributed by atoms with van der Waals surface area (Å²) in [5, 5.41) is 0. The molecule has 0 radical (unpaired) electrons. The van der Waals surface area contributed by atoms with Gasteiger partial charge in [0.2, 0.25) is 0 Å². The van der Waals surface area contributed by atoms with E-state index in [1.165, 1.54) is 22.3 Å². The fourth-order valence-electron chi connectivity index (χ4n) is 1.96.